The van der Waals surface area contributed by atoms with Gasteiger partial charge >= 0.3 is 0 Å². The molecule has 3 heterocycles. The van der Waals surface area contributed by atoms with Crippen LogP contribution in [0.15, 0.2) is 12.7 Å². The molecule has 25 heavy (non-hydrogen) atoms. The smallest absolute Gasteiger partial charge is 0.167 e. The van der Waals surface area contributed by atoms with Gasteiger partial charge in [-0.15, -0.1) is 0 Å². The lowest BCUT2D eigenvalue weighted by Crippen LogP contribution is -2.61. The maximum Gasteiger partial charge on any atom is 0.167 e. The van der Waals surface area contributed by atoms with E-state index >= 15 is 0 Å². The van der Waals surface area contributed by atoms with Gasteiger partial charge in [0.2, 0.25) is 0 Å². The van der Waals surface area contributed by atoms with Gasteiger partial charge in [-0.05, 0) is 20.8 Å². The third kappa shape index (κ3) is 2.77. The summed E-state index contributed by atoms with van der Waals surface area (Å²) >= 11 is 0. The van der Waals surface area contributed by atoms with Crippen LogP contribution in [0, 0.1) is 0 Å². The van der Waals surface area contributed by atoms with Crippen LogP contribution in [-0.4, -0.2) is 52.8 Å². The minimum Gasteiger partial charge on any atom is -0.390 e. The van der Waals surface area contributed by atoms with Crippen molar-refractivity contribution in [2.24, 2.45) is 0 Å². The number of nitrogen functional groups attached to an aromatic ring is 1. The fraction of sp³-hybridized carbons (Fsp3) is 0.688. The number of aromatic nitrogens is 4. The van der Waals surface area contributed by atoms with Crippen molar-refractivity contribution in [3.8, 4) is 0 Å². The van der Waals surface area contributed by atoms with Gasteiger partial charge < -0.3 is 25.4 Å². The first kappa shape index (κ1) is 16.6. The standard InChI is InChI=1S/C16H23N5O4/c1-14(2,22)24-9-4-10(25-16(9)5-15(3,23)6-16)21-8-20-11-12(17)18-7-19-13(11)21/h7-10,22-23H,4-6H2,1-3H3,(H2,17,18,19)/t9-,10+,15-,16+/m0/s1. The maximum absolute atomic E-state index is 10.2. The van der Waals surface area contributed by atoms with Gasteiger partial charge in [0.05, 0.1) is 18.0 Å². The molecule has 0 aromatic carbocycles. The molecule has 0 unspecified atom stereocenters. The molecule has 2 fully saturated rings. The van der Waals surface area contributed by atoms with Gasteiger partial charge in [0.1, 0.15) is 23.7 Å². The van der Waals surface area contributed by atoms with Crippen LogP contribution in [0.4, 0.5) is 5.82 Å². The molecule has 0 radical (unpaired) electrons. The number of nitrogens with zero attached hydrogens (tertiary/aromatic N) is 4. The van der Waals surface area contributed by atoms with Crippen LogP contribution in [0.5, 0.6) is 0 Å². The normalized spacial score (nSPS) is 35.4. The minimum absolute atomic E-state index is 0.312. The fourth-order valence-corrected chi connectivity index (χ4v) is 4.10. The Bertz CT molecular complexity index is 804. The summed E-state index contributed by atoms with van der Waals surface area (Å²) in [5.41, 5.74) is 5.53. The van der Waals surface area contributed by atoms with Gasteiger partial charge in [0.25, 0.3) is 0 Å². The molecule has 4 N–H and O–H groups in total. The maximum atomic E-state index is 10.2. The zero-order chi connectivity index (χ0) is 18.0. The molecule has 4 rings (SSSR count). The molecule has 1 saturated heterocycles. The van der Waals surface area contributed by atoms with Gasteiger partial charge in [-0.1, -0.05) is 0 Å². The monoisotopic (exact) mass is 349 g/mol. The summed E-state index contributed by atoms with van der Waals surface area (Å²) in [6.07, 6.45) is 3.69. The Morgan fingerprint density at radius 2 is 2.08 bits per heavy atom. The van der Waals surface area contributed by atoms with Crippen LogP contribution in [0.25, 0.3) is 11.2 Å². The summed E-state index contributed by atoms with van der Waals surface area (Å²) in [5.74, 6) is -0.978. The number of nitrogens with two attached hydrogens (primary N) is 1. The van der Waals surface area contributed by atoms with E-state index in [4.69, 9.17) is 15.2 Å². The molecule has 2 aromatic rings. The minimum atomic E-state index is -1.29. The second kappa shape index (κ2) is 5.10. The predicted octanol–water partition coefficient (Wildman–Crippen LogP) is 0.725. The van der Waals surface area contributed by atoms with Crippen LogP contribution in [-0.2, 0) is 9.47 Å². The first-order valence-corrected chi connectivity index (χ1v) is 8.32. The average Bonchev–Trinajstić information content (AvgIpc) is 2.99. The molecule has 9 nitrogen and oxygen atoms in total. The number of aliphatic hydroxyl groups is 2. The Kier molecular flexibility index (Phi) is 3.40. The van der Waals surface area contributed by atoms with Crippen molar-refractivity contribution in [3.05, 3.63) is 12.7 Å². The molecule has 9 heteroatoms. The highest BCUT2D eigenvalue weighted by atomic mass is 16.7. The zero-order valence-electron chi connectivity index (χ0n) is 14.5. The molecule has 2 aliphatic rings. The summed E-state index contributed by atoms with van der Waals surface area (Å²) < 4.78 is 13.9. The number of imidazole rings is 1. The van der Waals surface area contributed by atoms with Crippen molar-refractivity contribution in [1.82, 2.24) is 19.5 Å². The molecule has 0 bridgehead atoms. The van der Waals surface area contributed by atoms with Crippen LogP contribution in [0.3, 0.4) is 0 Å². The highest BCUT2D eigenvalue weighted by Gasteiger charge is 2.62. The van der Waals surface area contributed by atoms with Crippen LogP contribution in [0.2, 0.25) is 0 Å². The Morgan fingerprint density at radius 3 is 2.72 bits per heavy atom. The molecule has 2 aromatic heterocycles. The topological polar surface area (TPSA) is 129 Å². The van der Waals surface area contributed by atoms with Crippen molar-refractivity contribution < 1.29 is 19.7 Å². The Hall–Kier alpha value is -1.81. The summed E-state index contributed by atoms with van der Waals surface area (Å²) in [4.78, 5) is 12.5. The highest BCUT2D eigenvalue weighted by Crippen LogP contribution is 2.55. The van der Waals surface area contributed by atoms with E-state index in [1.165, 1.54) is 6.33 Å². The van der Waals surface area contributed by atoms with E-state index in [0.29, 0.717) is 36.2 Å². The molecule has 1 spiro atoms. The molecule has 2 atom stereocenters. The molecule has 1 aliphatic carbocycles. The molecule has 1 saturated carbocycles. The number of ether oxygens (including phenoxy) is 2. The first-order valence-electron chi connectivity index (χ1n) is 8.32. The Balaban J connectivity index is 1.67. The van der Waals surface area contributed by atoms with Crippen molar-refractivity contribution in [1.29, 1.82) is 0 Å². The van der Waals surface area contributed by atoms with Crippen molar-refractivity contribution in [2.75, 3.05) is 5.73 Å². The molecule has 0 amide bonds. The summed E-state index contributed by atoms with van der Waals surface area (Å²) in [5, 5.41) is 20.3. The SMILES string of the molecule is CC(C)(O)O[C@H]1C[C@H](n2cnc3c(N)ncnc32)O[C@]12C[C@@](C)(O)C2. The third-order valence-corrected chi connectivity index (χ3v) is 4.86. The Morgan fingerprint density at radius 1 is 1.36 bits per heavy atom. The highest BCUT2D eigenvalue weighted by molar-refractivity contribution is 5.81. The lowest BCUT2D eigenvalue weighted by Gasteiger charge is -2.52. The lowest BCUT2D eigenvalue weighted by atomic mass is 9.66. The average molecular weight is 349 g/mol. The summed E-state index contributed by atoms with van der Waals surface area (Å²) in [7, 11) is 0. The van der Waals surface area contributed by atoms with Crippen molar-refractivity contribution >= 4 is 17.0 Å². The van der Waals surface area contributed by atoms with E-state index in [9.17, 15) is 10.2 Å². The fourth-order valence-electron chi connectivity index (χ4n) is 4.10. The van der Waals surface area contributed by atoms with E-state index in [2.05, 4.69) is 15.0 Å². The van der Waals surface area contributed by atoms with E-state index in [0.717, 1.165) is 0 Å². The largest absolute Gasteiger partial charge is 0.390 e. The van der Waals surface area contributed by atoms with E-state index in [1.54, 1.807) is 31.7 Å². The van der Waals surface area contributed by atoms with Crippen molar-refractivity contribution in [3.63, 3.8) is 0 Å². The predicted molar refractivity (Wildman–Crippen MR) is 88.2 cm³/mol. The van der Waals surface area contributed by atoms with Gasteiger partial charge in [-0.25, -0.2) is 15.0 Å². The second-order valence-electron chi connectivity index (χ2n) is 7.86. The van der Waals surface area contributed by atoms with E-state index in [-0.39, 0.29) is 12.3 Å². The van der Waals surface area contributed by atoms with Crippen LogP contribution in [0.1, 0.15) is 46.3 Å². The van der Waals surface area contributed by atoms with Gasteiger partial charge in [-0.3, -0.25) is 4.57 Å². The molecule has 1 aliphatic heterocycles. The Labute approximate surface area is 144 Å². The molecule has 136 valence electrons. The van der Waals surface area contributed by atoms with Crippen LogP contribution >= 0.6 is 0 Å². The van der Waals surface area contributed by atoms with Crippen molar-refractivity contribution in [2.45, 2.75) is 69.4 Å². The van der Waals surface area contributed by atoms with Gasteiger partial charge in [0.15, 0.2) is 17.3 Å². The number of hydrogen-bond acceptors (Lipinski definition) is 8. The second-order valence-corrected chi connectivity index (χ2v) is 7.86. The van der Waals surface area contributed by atoms with Crippen LogP contribution < -0.4 is 5.73 Å². The number of fused-ring (bicyclic) bond motifs is 1. The van der Waals surface area contributed by atoms with Gasteiger partial charge in [0, 0.05) is 19.3 Å². The first-order chi connectivity index (χ1) is 11.6. The van der Waals surface area contributed by atoms with E-state index < -0.39 is 17.0 Å². The van der Waals surface area contributed by atoms with E-state index in [1.807, 2.05) is 0 Å². The number of hydrogen-bond donors (Lipinski definition) is 3. The molecular formula is C16H23N5O4. The summed E-state index contributed by atoms with van der Waals surface area (Å²) in [6.45, 7) is 4.95. The lowest BCUT2D eigenvalue weighted by molar-refractivity contribution is -0.278. The zero-order valence-corrected chi connectivity index (χ0v) is 14.5. The quantitative estimate of drug-likeness (QED) is 0.692. The van der Waals surface area contributed by atoms with Gasteiger partial charge in [-0.2, -0.15) is 0 Å². The third-order valence-electron chi connectivity index (χ3n) is 4.86. The summed E-state index contributed by atoms with van der Waals surface area (Å²) in [6, 6.07) is 0. The number of anilines is 1. The molecular weight excluding hydrogens is 326 g/mol. The number of rotatable bonds is 3.